The quantitative estimate of drug-likeness (QED) is 0.476. The van der Waals surface area contributed by atoms with Crippen LogP contribution in [-0.4, -0.2) is 46.8 Å². The fraction of sp³-hybridized carbons (Fsp3) is 0.333. The van der Waals surface area contributed by atoms with Crippen LogP contribution in [0.3, 0.4) is 0 Å². The fourth-order valence-corrected chi connectivity index (χ4v) is 5.02. The first-order valence-corrected chi connectivity index (χ1v) is 11.9. The summed E-state index contributed by atoms with van der Waals surface area (Å²) in [5.74, 6) is 0.461. The summed E-state index contributed by atoms with van der Waals surface area (Å²) in [7, 11) is -3.61. The summed E-state index contributed by atoms with van der Waals surface area (Å²) in [4.78, 5) is 0. The molecule has 6 nitrogen and oxygen atoms in total. The number of hydrogen-bond acceptors (Lipinski definition) is 4. The second-order valence-electron chi connectivity index (χ2n) is 7.72. The summed E-state index contributed by atoms with van der Waals surface area (Å²) in [6, 6.07) is 16.0. The molecule has 0 saturated carbocycles. The standard InChI is InChI=1S/C24H30N2O4S/c1-5-20(30-6-2)17-25(31(28,29)18(3)4)15-19(27)16-26-23-13-9-7-11-21(23)22-12-8-10-14-24(22)26/h5-14,18-19,27H,2,15-17H2,1,3-4H3/b20-5-. The van der Waals surface area contributed by atoms with E-state index >= 15 is 0 Å². The average Bonchev–Trinajstić information content (AvgIpc) is 3.06. The van der Waals surface area contributed by atoms with Crippen LogP contribution >= 0.6 is 0 Å². The Kier molecular flexibility index (Phi) is 7.20. The minimum Gasteiger partial charge on any atom is -0.469 e. The molecule has 0 amide bonds. The third-order valence-electron chi connectivity index (χ3n) is 5.33. The van der Waals surface area contributed by atoms with Gasteiger partial charge in [0.05, 0.1) is 30.7 Å². The maximum absolute atomic E-state index is 12.9. The van der Waals surface area contributed by atoms with Gasteiger partial charge < -0.3 is 14.4 Å². The van der Waals surface area contributed by atoms with Gasteiger partial charge in [0.2, 0.25) is 10.0 Å². The number of aromatic nitrogens is 1. The molecular weight excluding hydrogens is 412 g/mol. The Hall–Kier alpha value is -2.61. The van der Waals surface area contributed by atoms with E-state index in [4.69, 9.17) is 4.74 Å². The van der Waals surface area contributed by atoms with Gasteiger partial charge in [0, 0.05) is 28.4 Å². The molecule has 166 valence electrons. The fourth-order valence-electron chi connectivity index (χ4n) is 3.74. The van der Waals surface area contributed by atoms with Gasteiger partial charge in [-0.3, -0.25) is 0 Å². The van der Waals surface area contributed by atoms with Gasteiger partial charge >= 0.3 is 0 Å². The average molecular weight is 443 g/mol. The van der Waals surface area contributed by atoms with Crippen molar-refractivity contribution in [2.75, 3.05) is 13.1 Å². The van der Waals surface area contributed by atoms with Crippen molar-refractivity contribution in [2.24, 2.45) is 0 Å². The first kappa shape index (κ1) is 23.1. The monoisotopic (exact) mass is 442 g/mol. The molecule has 0 bridgehead atoms. The molecule has 0 aliphatic carbocycles. The second-order valence-corrected chi connectivity index (χ2v) is 10.2. The Morgan fingerprint density at radius 3 is 2.16 bits per heavy atom. The van der Waals surface area contributed by atoms with Crippen LogP contribution in [0.25, 0.3) is 21.8 Å². The molecule has 1 N–H and O–H groups in total. The Labute approximate surface area is 184 Å². The minimum absolute atomic E-state index is 0.0350. The lowest BCUT2D eigenvalue weighted by atomic mass is 10.2. The van der Waals surface area contributed by atoms with E-state index in [9.17, 15) is 13.5 Å². The molecular formula is C24H30N2O4S. The number of aliphatic hydroxyl groups excluding tert-OH is 1. The number of ether oxygens (including phenoxy) is 1. The molecule has 3 aromatic rings. The van der Waals surface area contributed by atoms with Gasteiger partial charge in [-0.05, 0) is 39.0 Å². The number of aliphatic hydroxyl groups is 1. The number of rotatable bonds is 10. The van der Waals surface area contributed by atoms with E-state index < -0.39 is 21.4 Å². The first-order valence-electron chi connectivity index (χ1n) is 10.3. The van der Waals surface area contributed by atoms with Crippen LogP contribution in [0.15, 0.2) is 73.2 Å². The number of benzene rings is 2. The van der Waals surface area contributed by atoms with Gasteiger partial charge in [0.15, 0.2) is 0 Å². The normalized spacial score (nSPS) is 13.9. The van der Waals surface area contributed by atoms with Crippen LogP contribution in [-0.2, 0) is 21.3 Å². The van der Waals surface area contributed by atoms with E-state index in [2.05, 4.69) is 18.7 Å². The number of allylic oxidation sites excluding steroid dienone is 1. The predicted octanol–water partition coefficient (Wildman–Crippen LogP) is 4.26. The third kappa shape index (κ3) is 4.84. The molecule has 1 unspecified atom stereocenters. The van der Waals surface area contributed by atoms with Gasteiger partial charge in [0.1, 0.15) is 5.76 Å². The molecule has 3 rings (SSSR count). The highest BCUT2D eigenvalue weighted by Crippen LogP contribution is 2.29. The van der Waals surface area contributed by atoms with Crippen molar-refractivity contribution in [1.82, 2.24) is 8.87 Å². The van der Waals surface area contributed by atoms with Crippen molar-refractivity contribution in [2.45, 2.75) is 38.7 Å². The number of hydrogen-bond donors (Lipinski definition) is 1. The highest BCUT2D eigenvalue weighted by atomic mass is 32.2. The lowest BCUT2D eigenvalue weighted by molar-refractivity contribution is 0.128. The van der Waals surface area contributed by atoms with Crippen LogP contribution in [0.5, 0.6) is 0 Å². The molecule has 31 heavy (non-hydrogen) atoms. The molecule has 0 saturated heterocycles. The topological polar surface area (TPSA) is 71.8 Å². The molecule has 2 aromatic carbocycles. The summed E-state index contributed by atoms with van der Waals surface area (Å²) >= 11 is 0. The van der Waals surface area contributed by atoms with Crippen LogP contribution < -0.4 is 0 Å². The van der Waals surface area contributed by atoms with E-state index in [0.29, 0.717) is 5.76 Å². The highest BCUT2D eigenvalue weighted by molar-refractivity contribution is 7.89. The van der Waals surface area contributed by atoms with E-state index in [1.165, 1.54) is 10.6 Å². The number of fused-ring (bicyclic) bond motifs is 3. The number of para-hydroxylation sites is 2. The highest BCUT2D eigenvalue weighted by Gasteiger charge is 2.29. The maximum Gasteiger partial charge on any atom is 0.216 e. The third-order valence-corrected chi connectivity index (χ3v) is 7.52. The van der Waals surface area contributed by atoms with Gasteiger partial charge in [-0.2, -0.15) is 4.31 Å². The molecule has 7 heteroatoms. The summed E-state index contributed by atoms with van der Waals surface area (Å²) in [5.41, 5.74) is 2.01. The lowest BCUT2D eigenvalue weighted by Gasteiger charge is -2.27. The van der Waals surface area contributed by atoms with Crippen molar-refractivity contribution in [3.8, 4) is 0 Å². The Balaban J connectivity index is 1.92. The van der Waals surface area contributed by atoms with Gasteiger partial charge in [-0.15, -0.1) is 0 Å². The first-order chi connectivity index (χ1) is 14.8. The molecule has 0 aliphatic heterocycles. The van der Waals surface area contributed by atoms with E-state index in [1.54, 1.807) is 26.8 Å². The van der Waals surface area contributed by atoms with Crippen LogP contribution in [0.1, 0.15) is 20.8 Å². The SMILES string of the molecule is C=CO/C(=C\C)CN(CC(O)Cn1c2ccccc2c2ccccc21)S(=O)(=O)C(C)C. The lowest BCUT2D eigenvalue weighted by Crippen LogP contribution is -2.43. The van der Waals surface area contributed by atoms with Gasteiger partial charge in [0.25, 0.3) is 0 Å². The van der Waals surface area contributed by atoms with Crippen LogP contribution in [0.2, 0.25) is 0 Å². The largest absolute Gasteiger partial charge is 0.469 e. The van der Waals surface area contributed by atoms with Crippen molar-refractivity contribution >= 4 is 31.8 Å². The van der Waals surface area contributed by atoms with Crippen molar-refractivity contribution < 1.29 is 18.3 Å². The minimum atomic E-state index is -3.61. The molecule has 0 spiro atoms. The molecule has 0 aliphatic rings. The van der Waals surface area contributed by atoms with Crippen molar-refractivity contribution in [1.29, 1.82) is 0 Å². The van der Waals surface area contributed by atoms with E-state index in [-0.39, 0.29) is 19.6 Å². The Morgan fingerprint density at radius 1 is 1.13 bits per heavy atom. The molecule has 0 fully saturated rings. The van der Waals surface area contributed by atoms with Crippen LogP contribution in [0.4, 0.5) is 0 Å². The maximum atomic E-state index is 12.9. The summed E-state index contributed by atoms with van der Waals surface area (Å²) < 4.78 is 34.6. The molecule has 1 heterocycles. The molecule has 1 atom stereocenters. The second kappa shape index (κ2) is 9.68. The van der Waals surface area contributed by atoms with Crippen molar-refractivity contribution in [3.63, 3.8) is 0 Å². The zero-order chi connectivity index (χ0) is 22.6. The van der Waals surface area contributed by atoms with E-state index in [1.807, 2.05) is 41.0 Å². The predicted molar refractivity (Wildman–Crippen MR) is 126 cm³/mol. The summed E-state index contributed by atoms with van der Waals surface area (Å²) in [6.07, 6.45) is 2.06. The van der Waals surface area contributed by atoms with Gasteiger partial charge in [-0.1, -0.05) is 43.0 Å². The molecule has 0 radical (unpaired) electrons. The Bertz CT molecular complexity index is 1140. The Morgan fingerprint density at radius 2 is 1.68 bits per heavy atom. The number of nitrogens with zero attached hydrogens (tertiary/aromatic N) is 2. The van der Waals surface area contributed by atoms with Crippen LogP contribution in [0, 0.1) is 0 Å². The zero-order valence-electron chi connectivity index (χ0n) is 18.2. The zero-order valence-corrected chi connectivity index (χ0v) is 19.0. The number of sulfonamides is 1. The summed E-state index contributed by atoms with van der Waals surface area (Å²) in [5, 5.41) is 12.6. The van der Waals surface area contributed by atoms with Crippen molar-refractivity contribution in [3.05, 3.63) is 73.2 Å². The van der Waals surface area contributed by atoms with Gasteiger partial charge in [-0.25, -0.2) is 8.42 Å². The molecule has 1 aromatic heterocycles. The smallest absolute Gasteiger partial charge is 0.216 e. The van der Waals surface area contributed by atoms with E-state index in [0.717, 1.165) is 21.8 Å². The summed E-state index contributed by atoms with van der Waals surface area (Å²) in [6.45, 7) is 8.83.